The molecule has 1 N–H and O–H groups in total. The Balaban J connectivity index is 1.57. The van der Waals surface area contributed by atoms with Crippen LogP contribution in [0.25, 0.3) is 0 Å². The minimum Gasteiger partial charge on any atom is -0.396 e. The van der Waals surface area contributed by atoms with Crippen LogP contribution >= 0.6 is 11.8 Å². The molecule has 0 amide bonds. The molecule has 17 heavy (non-hydrogen) atoms. The van der Waals surface area contributed by atoms with Gasteiger partial charge in [0.05, 0.1) is 0 Å². The standard InChI is InChI=1S/C13H26N2OS/c16-10-3-13-1-4-14(5-2-13)6-7-15-8-11-17-12-9-15/h13,16H,1-12H2. The third-order valence-corrected chi connectivity index (χ3v) is 5.02. The summed E-state index contributed by atoms with van der Waals surface area (Å²) < 4.78 is 0. The Morgan fingerprint density at radius 1 is 0.941 bits per heavy atom. The van der Waals surface area contributed by atoms with E-state index in [4.69, 9.17) is 5.11 Å². The van der Waals surface area contributed by atoms with Gasteiger partial charge >= 0.3 is 0 Å². The Morgan fingerprint density at radius 2 is 1.53 bits per heavy atom. The lowest BCUT2D eigenvalue weighted by molar-refractivity contribution is 0.143. The van der Waals surface area contributed by atoms with E-state index < -0.39 is 0 Å². The molecular formula is C13H26N2OS. The fourth-order valence-electron chi connectivity index (χ4n) is 2.79. The number of aliphatic hydroxyl groups excluding tert-OH is 1. The van der Waals surface area contributed by atoms with Crippen LogP contribution in [0.5, 0.6) is 0 Å². The molecule has 0 unspecified atom stereocenters. The van der Waals surface area contributed by atoms with Crippen molar-refractivity contribution < 1.29 is 5.11 Å². The summed E-state index contributed by atoms with van der Waals surface area (Å²) in [6, 6.07) is 0. The lowest BCUT2D eigenvalue weighted by atomic mass is 9.94. The summed E-state index contributed by atoms with van der Waals surface area (Å²) in [6.45, 7) is 7.93. The first kappa shape index (κ1) is 13.7. The molecule has 0 spiro atoms. The van der Waals surface area contributed by atoms with Crippen LogP contribution in [0.2, 0.25) is 0 Å². The minimum atomic E-state index is 0.371. The molecule has 2 aliphatic heterocycles. The molecule has 0 aromatic heterocycles. The zero-order chi connectivity index (χ0) is 11.9. The number of rotatable bonds is 5. The van der Waals surface area contributed by atoms with Crippen molar-refractivity contribution in [3.63, 3.8) is 0 Å². The van der Waals surface area contributed by atoms with Crippen molar-refractivity contribution in [1.82, 2.24) is 9.80 Å². The van der Waals surface area contributed by atoms with Crippen molar-refractivity contribution >= 4 is 11.8 Å². The van der Waals surface area contributed by atoms with Crippen LogP contribution in [0, 0.1) is 5.92 Å². The zero-order valence-electron chi connectivity index (χ0n) is 10.8. The maximum atomic E-state index is 8.94. The lowest BCUT2D eigenvalue weighted by Gasteiger charge is -2.34. The summed E-state index contributed by atoms with van der Waals surface area (Å²) in [4.78, 5) is 5.21. The molecule has 100 valence electrons. The SMILES string of the molecule is OCCC1CCN(CCN2CCSCC2)CC1. The first-order valence-electron chi connectivity index (χ1n) is 7.02. The Kier molecular flexibility index (Phi) is 6.12. The van der Waals surface area contributed by atoms with Crippen LogP contribution in [0.1, 0.15) is 19.3 Å². The molecule has 2 rings (SSSR count). The topological polar surface area (TPSA) is 26.7 Å². The summed E-state index contributed by atoms with van der Waals surface area (Å²) in [7, 11) is 0. The van der Waals surface area contributed by atoms with Crippen molar-refractivity contribution in [3.8, 4) is 0 Å². The van der Waals surface area contributed by atoms with E-state index in [2.05, 4.69) is 21.6 Å². The molecule has 0 radical (unpaired) electrons. The third-order valence-electron chi connectivity index (χ3n) is 4.08. The van der Waals surface area contributed by atoms with Gasteiger partial charge in [0, 0.05) is 44.3 Å². The van der Waals surface area contributed by atoms with Crippen LogP contribution in [-0.2, 0) is 0 Å². The molecule has 0 saturated carbocycles. The first-order valence-corrected chi connectivity index (χ1v) is 8.17. The van der Waals surface area contributed by atoms with Gasteiger partial charge in [-0.1, -0.05) is 0 Å². The fraction of sp³-hybridized carbons (Fsp3) is 1.00. The molecule has 0 bridgehead atoms. The second-order valence-electron chi connectivity index (χ2n) is 5.25. The molecule has 0 aliphatic carbocycles. The summed E-state index contributed by atoms with van der Waals surface area (Å²) in [5.74, 6) is 3.42. The second-order valence-corrected chi connectivity index (χ2v) is 6.48. The van der Waals surface area contributed by atoms with Gasteiger partial charge in [-0.25, -0.2) is 0 Å². The van der Waals surface area contributed by atoms with E-state index in [1.165, 1.54) is 63.6 Å². The van der Waals surface area contributed by atoms with Gasteiger partial charge in [0.25, 0.3) is 0 Å². The predicted octanol–water partition coefficient (Wildman–Crippen LogP) is 1.13. The van der Waals surface area contributed by atoms with Gasteiger partial charge in [0.2, 0.25) is 0 Å². The van der Waals surface area contributed by atoms with Crippen LogP contribution in [0.15, 0.2) is 0 Å². The molecule has 0 atom stereocenters. The average Bonchev–Trinajstić information content (AvgIpc) is 2.40. The largest absolute Gasteiger partial charge is 0.396 e. The number of hydrogen-bond acceptors (Lipinski definition) is 4. The summed E-state index contributed by atoms with van der Waals surface area (Å²) in [6.07, 6.45) is 3.59. The smallest absolute Gasteiger partial charge is 0.0433 e. The maximum Gasteiger partial charge on any atom is 0.0433 e. The number of aliphatic hydroxyl groups is 1. The maximum absolute atomic E-state index is 8.94. The van der Waals surface area contributed by atoms with Crippen LogP contribution in [0.4, 0.5) is 0 Å². The van der Waals surface area contributed by atoms with Gasteiger partial charge in [-0.3, -0.25) is 0 Å². The van der Waals surface area contributed by atoms with Crippen molar-refractivity contribution in [1.29, 1.82) is 0 Å². The van der Waals surface area contributed by atoms with Crippen molar-refractivity contribution in [2.24, 2.45) is 5.92 Å². The van der Waals surface area contributed by atoms with Gasteiger partial charge in [-0.05, 0) is 38.3 Å². The van der Waals surface area contributed by atoms with Gasteiger partial charge in [0.1, 0.15) is 0 Å². The molecule has 2 aliphatic rings. The highest BCUT2D eigenvalue weighted by molar-refractivity contribution is 7.99. The lowest BCUT2D eigenvalue weighted by Crippen LogP contribution is -2.42. The number of likely N-dealkylation sites (tertiary alicyclic amines) is 1. The Morgan fingerprint density at radius 3 is 2.12 bits per heavy atom. The van der Waals surface area contributed by atoms with Gasteiger partial charge in [-0.2, -0.15) is 11.8 Å². The molecule has 0 aromatic rings. The van der Waals surface area contributed by atoms with E-state index >= 15 is 0 Å². The average molecular weight is 258 g/mol. The molecule has 4 heteroatoms. The molecule has 2 heterocycles. The highest BCUT2D eigenvalue weighted by Gasteiger charge is 2.19. The minimum absolute atomic E-state index is 0.371. The predicted molar refractivity (Wildman–Crippen MR) is 74.6 cm³/mol. The van der Waals surface area contributed by atoms with Crippen LogP contribution < -0.4 is 0 Å². The normalized spacial score (nSPS) is 25.2. The Hall–Kier alpha value is 0.230. The van der Waals surface area contributed by atoms with E-state index in [0.717, 1.165) is 12.3 Å². The van der Waals surface area contributed by atoms with Crippen molar-refractivity contribution in [2.45, 2.75) is 19.3 Å². The van der Waals surface area contributed by atoms with Gasteiger partial charge < -0.3 is 14.9 Å². The van der Waals surface area contributed by atoms with E-state index in [-0.39, 0.29) is 0 Å². The van der Waals surface area contributed by atoms with Crippen LogP contribution in [0.3, 0.4) is 0 Å². The highest BCUT2D eigenvalue weighted by Crippen LogP contribution is 2.19. The molecular weight excluding hydrogens is 232 g/mol. The Labute approximate surface area is 110 Å². The number of piperidine rings is 1. The second kappa shape index (κ2) is 7.62. The highest BCUT2D eigenvalue weighted by atomic mass is 32.2. The first-order chi connectivity index (χ1) is 8.38. The molecule has 3 nitrogen and oxygen atoms in total. The van der Waals surface area contributed by atoms with Crippen molar-refractivity contribution in [2.75, 3.05) is 57.4 Å². The Bertz CT molecular complexity index is 202. The van der Waals surface area contributed by atoms with E-state index in [1.54, 1.807) is 0 Å². The van der Waals surface area contributed by atoms with Crippen LogP contribution in [-0.4, -0.2) is 72.3 Å². The summed E-state index contributed by atoms with van der Waals surface area (Å²) in [5.41, 5.74) is 0. The molecule has 2 fully saturated rings. The third kappa shape index (κ3) is 4.78. The number of nitrogens with zero attached hydrogens (tertiary/aromatic N) is 2. The summed E-state index contributed by atoms with van der Waals surface area (Å²) >= 11 is 2.09. The van der Waals surface area contributed by atoms with E-state index in [9.17, 15) is 0 Å². The van der Waals surface area contributed by atoms with Gasteiger partial charge in [-0.15, -0.1) is 0 Å². The number of hydrogen-bond donors (Lipinski definition) is 1. The van der Waals surface area contributed by atoms with E-state index in [1.807, 2.05) is 0 Å². The van der Waals surface area contributed by atoms with E-state index in [0.29, 0.717) is 6.61 Å². The van der Waals surface area contributed by atoms with Crippen molar-refractivity contribution in [3.05, 3.63) is 0 Å². The summed E-state index contributed by atoms with van der Waals surface area (Å²) in [5, 5.41) is 8.94. The quantitative estimate of drug-likeness (QED) is 0.800. The number of thioether (sulfide) groups is 1. The molecule has 0 aromatic carbocycles. The molecule has 2 saturated heterocycles. The zero-order valence-corrected chi connectivity index (χ0v) is 11.6. The van der Waals surface area contributed by atoms with Gasteiger partial charge in [0.15, 0.2) is 0 Å². The fourth-order valence-corrected chi connectivity index (χ4v) is 3.77. The monoisotopic (exact) mass is 258 g/mol.